The van der Waals surface area contributed by atoms with Gasteiger partial charge >= 0.3 is 0 Å². The molecule has 2 aromatic heterocycles. The van der Waals surface area contributed by atoms with E-state index in [0.29, 0.717) is 24.8 Å². The second kappa shape index (κ2) is 7.17. The number of aliphatic hydroxyl groups is 1. The van der Waals surface area contributed by atoms with Crippen molar-refractivity contribution < 1.29 is 9.84 Å². The first-order valence-electron chi connectivity index (χ1n) is 6.93. The molecular formula is C14H21ClN4O2. The third kappa shape index (κ3) is 3.91. The summed E-state index contributed by atoms with van der Waals surface area (Å²) in [5, 5.41) is 18.5. The predicted octanol–water partition coefficient (Wildman–Crippen LogP) is 1.76. The number of halogens is 1. The van der Waals surface area contributed by atoms with E-state index >= 15 is 0 Å². The maximum absolute atomic E-state index is 9.58. The summed E-state index contributed by atoms with van der Waals surface area (Å²) in [6.07, 6.45) is 1.26. The molecule has 0 aliphatic heterocycles. The predicted molar refractivity (Wildman–Crippen MR) is 82.5 cm³/mol. The van der Waals surface area contributed by atoms with E-state index in [1.165, 1.54) is 0 Å². The Hall–Kier alpha value is -1.21. The Morgan fingerprint density at radius 1 is 1.48 bits per heavy atom. The molecular weight excluding hydrogens is 292 g/mol. The highest BCUT2D eigenvalue weighted by Gasteiger charge is 2.12. The van der Waals surface area contributed by atoms with E-state index < -0.39 is 6.10 Å². The molecule has 0 aliphatic rings. The first-order valence-corrected chi connectivity index (χ1v) is 7.31. The topological polar surface area (TPSA) is 72.2 Å². The summed E-state index contributed by atoms with van der Waals surface area (Å²) < 4.78 is 6.72. The SMILES string of the molecule is COCC(O)CNCc1cc2cnn(C(C)C)c2nc1Cl. The van der Waals surface area contributed by atoms with Crippen LogP contribution in [-0.4, -0.2) is 46.2 Å². The van der Waals surface area contributed by atoms with E-state index in [0.717, 1.165) is 16.6 Å². The number of nitrogens with one attached hydrogen (secondary N) is 1. The molecule has 7 heteroatoms. The normalized spacial score (nSPS) is 13.2. The van der Waals surface area contributed by atoms with Gasteiger partial charge < -0.3 is 15.2 Å². The summed E-state index contributed by atoms with van der Waals surface area (Å²) in [6, 6.07) is 2.21. The van der Waals surface area contributed by atoms with Crippen LogP contribution in [0.1, 0.15) is 25.5 Å². The highest BCUT2D eigenvalue weighted by molar-refractivity contribution is 6.30. The molecule has 0 radical (unpaired) electrons. The Bertz CT molecular complexity index is 600. The Morgan fingerprint density at radius 2 is 2.24 bits per heavy atom. The average Bonchev–Trinajstić information content (AvgIpc) is 2.82. The molecule has 2 rings (SSSR count). The van der Waals surface area contributed by atoms with Crippen molar-refractivity contribution in [3.8, 4) is 0 Å². The van der Waals surface area contributed by atoms with Crippen LogP contribution in [0.4, 0.5) is 0 Å². The lowest BCUT2D eigenvalue weighted by Gasteiger charge is -2.12. The third-order valence-corrected chi connectivity index (χ3v) is 3.47. The van der Waals surface area contributed by atoms with Crippen molar-refractivity contribution in [3.05, 3.63) is 23.0 Å². The van der Waals surface area contributed by atoms with Crippen LogP contribution in [0.5, 0.6) is 0 Å². The highest BCUT2D eigenvalue weighted by Crippen LogP contribution is 2.22. The molecule has 0 aromatic carbocycles. The monoisotopic (exact) mass is 312 g/mol. The number of nitrogens with zero attached hydrogens (tertiary/aromatic N) is 3. The van der Waals surface area contributed by atoms with Gasteiger partial charge in [0.15, 0.2) is 5.65 Å². The van der Waals surface area contributed by atoms with Crippen LogP contribution in [0.15, 0.2) is 12.3 Å². The number of hydrogen-bond donors (Lipinski definition) is 2. The van der Waals surface area contributed by atoms with E-state index in [2.05, 4.69) is 29.2 Å². The minimum absolute atomic E-state index is 0.235. The van der Waals surface area contributed by atoms with Gasteiger partial charge in [-0.15, -0.1) is 0 Å². The van der Waals surface area contributed by atoms with Gasteiger partial charge in [-0.05, 0) is 19.9 Å². The van der Waals surface area contributed by atoms with Gasteiger partial charge in [0.25, 0.3) is 0 Å². The molecule has 0 fully saturated rings. The summed E-state index contributed by atoms with van der Waals surface area (Å²) in [5.74, 6) is 0. The van der Waals surface area contributed by atoms with Gasteiger partial charge in [0.05, 0.1) is 18.9 Å². The van der Waals surface area contributed by atoms with Gasteiger partial charge in [0.2, 0.25) is 0 Å². The lowest BCUT2D eigenvalue weighted by molar-refractivity contribution is 0.0644. The van der Waals surface area contributed by atoms with Crippen molar-refractivity contribution in [1.29, 1.82) is 0 Å². The molecule has 0 amide bonds. The summed E-state index contributed by atoms with van der Waals surface area (Å²) >= 11 is 6.23. The fourth-order valence-corrected chi connectivity index (χ4v) is 2.33. The van der Waals surface area contributed by atoms with Crippen LogP contribution < -0.4 is 5.32 Å². The molecule has 1 atom stereocenters. The van der Waals surface area contributed by atoms with E-state index in [4.69, 9.17) is 16.3 Å². The number of pyridine rings is 1. The lowest BCUT2D eigenvalue weighted by atomic mass is 10.2. The molecule has 2 aromatic rings. The van der Waals surface area contributed by atoms with Gasteiger partial charge in [-0.1, -0.05) is 11.6 Å². The van der Waals surface area contributed by atoms with Crippen LogP contribution in [0.25, 0.3) is 11.0 Å². The molecule has 2 N–H and O–H groups in total. The number of aromatic nitrogens is 3. The summed E-state index contributed by atoms with van der Waals surface area (Å²) in [4.78, 5) is 4.43. The molecule has 0 spiro atoms. The lowest BCUT2D eigenvalue weighted by Crippen LogP contribution is -2.29. The van der Waals surface area contributed by atoms with Crippen LogP contribution in [0.2, 0.25) is 5.15 Å². The molecule has 0 bridgehead atoms. The molecule has 1 unspecified atom stereocenters. The second-order valence-corrected chi connectivity index (χ2v) is 5.63. The molecule has 0 saturated heterocycles. The van der Waals surface area contributed by atoms with E-state index in [9.17, 15) is 5.11 Å². The van der Waals surface area contributed by atoms with E-state index in [1.54, 1.807) is 13.3 Å². The van der Waals surface area contributed by atoms with Crippen molar-refractivity contribution in [2.75, 3.05) is 20.3 Å². The number of rotatable bonds is 7. The van der Waals surface area contributed by atoms with Crippen molar-refractivity contribution in [3.63, 3.8) is 0 Å². The minimum atomic E-state index is -0.533. The van der Waals surface area contributed by atoms with Gasteiger partial charge in [0.1, 0.15) is 5.15 Å². The number of ether oxygens (including phenoxy) is 1. The maximum atomic E-state index is 9.58. The zero-order valence-electron chi connectivity index (χ0n) is 12.5. The van der Waals surface area contributed by atoms with Gasteiger partial charge in [-0.25, -0.2) is 9.67 Å². The number of fused-ring (bicyclic) bond motifs is 1. The van der Waals surface area contributed by atoms with Crippen molar-refractivity contribution in [2.45, 2.75) is 32.5 Å². The standard InChI is InChI=1S/C14H21ClN4O2/c1-9(2)19-14-11(6-17-19)4-10(13(15)18-14)5-16-7-12(20)8-21-3/h4,6,9,12,16,20H,5,7-8H2,1-3H3. The molecule has 21 heavy (non-hydrogen) atoms. The Balaban J connectivity index is 2.09. The largest absolute Gasteiger partial charge is 0.389 e. The van der Waals surface area contributed by atoms with Crippen LogP contribution in [0, 0.1) is 0 Å². The van der Waals surface area contributed by atoms with Gasteiger partial charge in [-0.2, -0.15) is 5.10 Å². The molecule has 0 aliphatic carbocycles. The summed E-state index contributed by atoms with van der Waals surface area (Å²) in [7, 11) is 1.56. The fraction of sp³-hybridized carbons (Fsp3) is 0.571. The maximum Gasteiger partial charge on any atom is 0.159 e. The number of methoxy groups -OCH3 is 1. The van der Waals surface area contributed by atoms with Crippen LogP contribution in [-0.2, 0) is 11.3 Å². The second-order valence-electron chi connectivity index (χ2n) is 5.27. The van der Waals surface area contributed by atoms with Crippen molar-refractivity contribution >= 4 is 22.6 Å². The van der Waals surface area contributed by atoms with Crippen LogP contribution >= 0.6 is 11.6 Å². The number of aliphatic hydroxyl groups excluding tert-OH is 1. The Morgan fingerprint density at radius 3 is 2.90 bits per heavy atom. The Labute approximate surface area is 129 Å². The smallest absolute Gasteiger partial charge is 0.159 e. The van der Waals surface area contributed by atoms with E-state index in [1.807, 2.05) is 10.7 Å². The molecule has 6 nitrogen and oxygen atoms in total. The van der Waals surface area contributed by atoms with Crippen molar-refractivity contribution in [1.82, 2.24) is 20.1 Å². The quantitative estimate of drug-likeness (QED) is 0.762. The van der Waals surface area contributed by atoms with Crippen LogP contribution in [0.3, 0.4) is 0 Å². The third-order valence-electron chi connectivity index (χ3n) is 3.14. The number of hydrogen-bond acceptors (Lipinski definition) is 5. The molecule has 2 heterocycles. The Kier molecular flexibility index (Phi) is 5.52. The van der Waals surface area contributed by atoms with E-state index in [-0.39, 0.29) is 6.04 Å². The zero-order valence-corrected chi connectivity index (χ0v) is 13.3. The van der Waals surface area contributed by atoms with Gasteiger partial charge in [-0.3, -0.25) is 0 Å². The average molecular weight is 313 g/mol. The first kappa shape index (κ1) is 16.2. The summed E-state index contributed by atoms with van der Waals surface area (Å²) in [5.41, 5.74) is 1.68. The van der Waals surface area contributed by atoms with Gasteiger partial charge in [0, 0.05) is 37.2 Å². The molecule has 116 valence electrons. The molecule has 0 saturated carbocycles. The zero-order chi connectivity index (χ0) is 15.4. The minimum Gasteiger partial charge on any atom is -0.389 e. The summed E-state index contributed by atoms with van der Waals surface area (Å²) in [6.45, 7) is 5.38. The highest BCUT2D eigenvalue weighted by atomic mass is 35.5. The fourth-order valence-electron chi connectivity index (χ4n) is 2.13. The van der Waals surface area contributed by atoms with Crippen molar-refractivity contribution in [2.24, 2.45) is 0 Å². The first-order chi connectivity index (χ1) is 10.0.